The topological polar surface area (TPSA) is 152 Å². The third-order valence-electron chi connectivity index (χ3n) is 14.3. The van der Waals surface area contributed by atoms with Gasteiger partial charge in [-0.15, -0.1) is 0 Å². The van der Waals surface area contributed by atoms with E-state index in [-0.39, 0.29) is 12.0 Å². The molecule has 2 aromatic rings. The fourth-order valence-electron chi connectivity index (χ4n) is 10.2. The predicted molar refractivity (Wildman–Crippen MR) is 225 cm³/mol. The van der Waals surface area contributed by atoms with E-state index in [1.165, 1.54) is 35.8 Å². The van der Waals surface area contributed by atoms with Crippen LogP contribution in [0.15, 0.2) is 36.4 Å². The monoisotopic (exact) mass is 797 g/mol. The first-order valence-electron chi connectivity index (χ1n) is 21.0. The molecule has 0 radical (unpaired) electrons. The van der Waals surface area contributed by atoms with Crippen molar-refractivity contribution in [2.24, 2.45) is 11.3 Å². The van der Waals surface area contributed by atoms with E-state index in [2.05, 4.69) is 36.6 Å². The summed E-state index contributed by atoms with van der Waals surface area (Å²) in [6.07, 6.45) is 7.80. The molecule has 0 spiro atoms. The van der Waals surface area contributed by atoms with Crippen LogP contribution in [0.25, 0.3) is 0 Å². The molecule has 4 unspecified atom stereocenters. The largest absolute Gasteiger partial charge is 0.444 e. The predicted octanol–water partition coefficient (Wildman–Crippen LogP) is 9.00. The van der Waals surface area contributed by atoms with E-state index in [9.17, 15) is 24.8 Å². The summed E-state index contributed by atoms with van der Waals surface area (Å²) in [5.41, 5.74) is 4.66. The summed E-state index contributed by atoms with van der Waals surface area (Å²) in [4.78, 5) is 0. The third-order valence-corrected chi connectivity index (χ3v) is 15.5. The van der Waals surface area contributed by atoms with Crippen LogP contribution in [0.3, 0.4) is 0 Å². The maximum atomic E-state index is 12.0. The molecule has 4 aliphatic rings. The Morgan fingerprint density at radius 3 is 1.55 bits per heavy atom. The molecule has 7 N–H and O–H groups in total. The van der Waals surface area contributed by atoms with Crippen molar-refractivity contribution in [3.05, 3.63) is 69.8 Å². The minimum atomic E-state index is -1.64. The van der Waals surface area contributed by atoms with Gasteiger partial charge in [0.25, 0.3) is 0 Å². The van der Waals surface area contributed by atoms with Gasteiger partial charge >= 0.3 is 0 Å². The van der Waals surface area contributed by atoms with Gasteiger partial charge in [0.2, 0.25) is 0 Å². The molecule has 2 aliphatic heterocycles. The van der Waals surface area contributed by atoms with Crippen molar-refractivity contribution in [3.8, 4) is 0 Å². The summed E-state index contributed by atoms with van der Waals surface area (Å²) in [5, 5.41) is 52.8. The van der Waals surface area contributed by atoms with Crippen molar-refractivity contribution < 1.29 is 24.8 Å². The highest BCUT2D eigenvalue weighted by Crippen LogP contribution is 2.50. The lowest BCUT2D eigenvalue weighted by atomic mass is 9.75. The molecule has 11 heteroatoms. The Morgan fingerprint density at radius 1 is 0.696 bits per heavy atom. The van der Waals surface area contributed by atoms with Gasteiger partial charge in [0.05, 0.1) is 34.4 Å². The van der Waals surface area contributed by atoms with Gasteiger partial charge in [-0.3, -0.25) is 0 Å². The van der Waals surface area contributed by atoms with Crippen LogP contribution in [-0.2, 0) is 37.0 Å². The lowest BCUT2D eigenvalue weighted by Gasteiger charge is -2.45. The Hall–Kier alpha value is -1.93. The second kappa shape index (κ2) is 16.3. The second-order valence-corrected chi connectivity index (χ2v) is 22.2. The Morgan fingerprint density at radius 2 is 1.11 bits per heavy atom. The summed E-state index contributed by atoms with van der Waals surface area (Å²) >= 11 is 0. The molecule has 2 aromatic carbocycles. The molecule has 2 fully saturated rings. The summed E-state index contributed by atoms with van der Waals surface area (Å²) in [5.74, 6) is 0.152. The number of hydrogen-bond acceptors (Lipinski definition) is 11. The van der Waals surface area contributed by atoms with Gasteiger partial charge in [0, 0.05) is 25.2 Å². The van der Waals surface area contributed by atoms with Crippen LogP contribution < -0.4 is 10.6 Å². The number of rotatable bonds is 10. The lowest BCUT2D eigenvalue weighted by Crippen LogP contribution is -2.49. The van der Waals surface area contributed by atoms with E-state index in [1.807, 2.05) is 93.5 Å². The maximum Gasteiger partial charge on any atom is 0.0914 e. The molecule has 56 heavy (non-hydrogen) atoms. The van der Waals surface area contributed by atoms with Gasteiger partial charge in [-0.05, 0) is 132 Å². The Bertz CT molecular complexity index is 1770. The maximum absolute atomic E-state index is 12.0. The van der Waals surface area contributed by atoms with E-state index in [1.54, 1.807) is 0 Å². The van der Waals surface area contributed by atoms with Crippen LogP contribution in [0.1, 0.15) is 180 Å². The molecule has 0 bridgehead atoms. The average Bonchev–Trinajstić information content (AvgIpc) is 3.37. The number of fused-ring (bicyclic) bond motifs is 2. The van der Waals surface area contributed by atoms with Gasteiger partial charge in [-0.1, -0.05) is 88.1 Å². The molecule has 2 saturated carbocycles. The van der Waals surface area contributed by atoms with Crippen molar-refractivity contribution in [2.75, 3.05) is 13.1 Å². The van der Waals surface area contributed by atoms with E-state index < -0.39 is 49.7 Å². The van der Waals surface area contributed by atoms with E-state index in [4.69, 9.17) is 4.78 Å². The Balaban J connectivity index is 0.000000216. The number of hydrogen-bond donors (Lipinski definition) is 7. The van der Waals surface area contributed by atoms with Crippen molar-refractivity contribution in [1.29, 1.82) is 4.78 Å². The molecule has 4 atom stereocenters. The van der Waals surface area contributed by atoms with Crippen LogP contribution >= 0.6 is 0 Å². The number of aliphatic hydroxyl groups is 2. The standard InChI is InChI=1S/C23H38N3O3S.C22H36N2O2/c1-21(2)16-12-11-15(13-18(16)22(3,4)26(21)28)20(27)14-25-19-10-8-7-9-17(19)23(5,6)30(24)29;1-20(2)11-9-16(10-12-20)23-14-19(25)15-7-8-17-18(13-15)22(5,6)24(26)21(17,3)4/h11-13,17,19-20,24-25,27-28H,7-10,14H2,1-6H3;7-8,13,16,19,23,25-26H,9-12,14H2,1-6H3/q-1;. The zero-order valence-electron chi connectivity index (χ0n) is 36.4. The summed E-state index contributed by atoms with van der Waals surface area (Å²) in [6, 6.07) is 12.8. The van der Waals surface area contributed by atoms with E-state index in [0.717, 1.165) is 59.1 Å². The van der Waals surface area contributed by atoms with Gasteiger partial charge < -0.3 is 40.2 Å². The third kappa shape index (κ3) is 8.68. The number of aliphatic hydroxyl groups excluding tert-OH is 2. The van der Waals surface area contributed by atoms with Crippen LogP contribution in [0.4, 0.5) is 0 Å². The fourth-order valence-corrected chi connectivity index (χ4v) is 10.8. The molecule has 0 saturated heterocycles. The fraction of sp³-hybridized carbons (Fsp3) is 0.733. The van der Waals surface area contributed by atoms with Crippen molar-refractivity contribution >= 4 is 10.6 Å². The summed E-state index contributed by atoms with van der Waals surface area (Å²) in [6.45, 7) is 25.6. The number of nitrogens with zero attached hydrogens (tertiary/aromatic N) is 2. The van der Waals surface area contributed by atoms with E-state index in [0.29, 0.717) is 24.5 Å². The minimum Gasteiger partial charge on any atom is -0.444 e. The minimum absolute atomic E-state index is 0.149. The smallest absolute Gasteiger partial charge is 0.0914 e. The van der Waals surface area contributed by atoms with Crippen molar-refractivity contribution in [3.63, 3.8) is 0 Å². The van der Waals surface area contributed by atoms with Gasteiger partial charge in [0.15, 0.2) is 0 Å². The second-order valence-electron chi connectivity index (χ2n) is 20.6. The first-order chi connectivity index (χ1) is 25.8. The number of hydroxylamine groups is 4. The van der Waals surface area contributed by atoms with Crippen LogP contribution in [0.5, 0.6) is 0 Å². The molecular weight excluding hydrogens is 723 g/mol. The normalized spacial score (nSPS) is 26.6. The molecule has 10 nitrogen and oxygen atoms in total. The van der Waals surface area contributed by atoms with E-state index >= 15 is 0 Å². The first-order valence-corrected chi connectivity index (χ1v) is 22.2. The molecule has 0 aromatic heterocycles. The van der Waals surface area contributed by atoms with Gasteiger partial charge in [-0.2, -0.15) is 20.7 Å². The number of nitrogens with one attached hydrogen (secondary N) is 3. The van der Waals surface area contributed by atoms with Gasteiger partial charge in [0.1, 0.15) is 0 Å². The lowest BCUT2D eigenvalue weighted by molar-refractivity contribution is -0.216. The molecule has 0 amide bonds. The first kappa shape index (κ1) is 45.2. The van der Waals surface area contributed by atoms with Crippen molar-refractivity contribution in [2.45, 2.75) is 186 Å². The molecule has 2 aliphatic carbocycles. The molecular formula is C45H74N5O5S-. The van der Waals surface area contributed by atoms with Crippen molar-refractivity contribution in [1.82, 2.24) is 20.8 Å². The summed E-state index contributed by atoms with van der Waals surface area (Å²) < 4.78 is 19.2. The van der Waals surface area contributed by atoms with Gasteiger partial charge in [-0.25, -0.2) is 0 Å². The average molecular weight is 797 g/mol. The molecule has 6 rings (SSSR count). The highest BCUT2D eigenvalue weighted by molar-refractivity contribution is 7.75. The Kier molecular flexibility index (Phi) is 13.1. The van der Waals surface area contributed by atoms with Crippen LogP contribution in [-0.4, -0.2) is 60.7 Å². The Labute approximate surface area is 339 Å². The zero-order valence-corrected chi connectivity index (χ0v) is 37.2. The SMILES string of the molecule is CC1(C)CCC(NCC(O)c2ccc3c(c2)C(C)(C)N(O)C3(C)C)CC1.CC1(C)c2ccc(C(O)CNC3CCCCC3C(C)(C)[S-](=N)=O)cc2C(C)(C)N1O. The summed E-state index contributed by atoms with van der Waals surface area (Å²) in [7, 11) is -1.64. The van der Waals surface area contributed by atoms with Crippen LogP contribution in [0, 0.1) is 16.1 Å². The van der Waals surface area contributed by atoms with Crippen LogP contribution in [0.2, 0.25) is 0 Å². The quantitative estimate of drug-likeness (QED) is 0.117. The number of benzene rings is 2. The highest BCUT2D eigenvalue weighted by atomic mass is 32.2. The molecule has 2 heterocycles. The molecule has 316 valence electrons. The zero-order chi connectivity index (χ0) is 41.8. The highest BCUT2D eigenvalue weighted by Gasteiger charge is 2.50.